The molecule has 2 aromatic rings. The van der Waals surface area contributed by atoms with Crippen LogP contribution in [0.3, 0.4) is 0 Å². The largest absolute Gasteiger partial charge is 0.382 e. The van der Waals surface area contributed by atoms with Gasteiger partial charge in [0.1, 0.15) is 5.82 Å². The molecule has 0 radical (unpaired) electrons. The van der Waals surface area contributed by atoms with Crippen molar-refractivity contribution in [2.75, 3.05) is 18.8 Å². The van der Waals surface area contributed by atoms with E-state index >= 15 is 0 Å². The minimum absolute atomic E-state index is 0.521. The second kappa shape index (κ2) is 5.35. The standard InChI is InChI=1S/C14H17BrN4/c15-12-7-10(13-8-14(16)18-17-13)3-4-11(12)9-19-5-1-2-6-19/h3-4,7-8H,1-2,5-6,9H2,(H3,16,17,18). The van der Waals surface area contributed by atoms with Crippen LogP contribution in [0.2, 0.25) is 0 Å². The van der Waals surface area contributed by atoms with E-state index in [-0.39, 0.29) is 0 Å². The molecule has 2 heterocycles. The zero-order valence-electron chi connectivity index (χ0n) is 10.7. The number of hydrogen-bond donors (Lipinski definition) is 2. The maximum Gasteiger partial charge on any atom is 0.145 e. The van der Waals surface area contributed by atoms with E-state index in [1.165, 1.54) is 31.5 Å². The van der Waals surface area contributed by atoms with Gasteiger partial charge in [0, 0.05) is 22.6 Å². The van der Waals surface area contributed by atoms with Crippen LogP contribution in [0.5, 0.6) is 0 Å². The fraction of sp³-hybridized carbons (Fsp3) is 0.357. The monoisotopic (exact) mass is 320 g/mol. The number of H-pyrrole nitrogens is 1. The number of halogens is 1. The van der Waals surface area contributed by atoms with Gasteiger partial charge in [-0.1, -0.05) is 28.1 Å². The van der Waals surface area contributed by atoms with E-state index in [2.05, 4.69) is 49.2 Å². The first-order valence-electron chi connectivity index (χ1n) is 6.54. The highest BCUT2D eigenvalue weighted by atomic mass is 79.9. The fourth-order valence-electron chi connectivity index (χ4n) is 2.51. The lowest BCUT2D eigenvalue weighted by Crippen LogP contribution is -2.18. The number of aromatic nitrogens is 2. The summed E-state index contributed by atoms with van der Waals surface area (Å²) < 4.78 is 1.14. The molecule has 0 saturated carbocycles. The van der Waals surface area contributed by atoms with Gasteiger partial charge in [0.2, 0.25) is 0 Å². The summed E-state index contributed by atoms with van der Waals surface area (Å²) in [7, 11) is 0. The van der Waals surface area contributed by atoms with Crippen molar-refractivity contribution in [2.24, 2.45) is 0 Å². The van der Waals surface area contributed by atoms with Crippen molar-refractivity contribution < 1.29 is 0 Å². The van der Waals surface area contributed by atoms with Crippen molar-refractivity contribution in [1.29, 1.82) is 0 Å². The predicted molar refractivity (Wildman–Crippen MR) is 80.6 cm³/mol. The third kappa shape index (κ3) is 2.82. The van der Waals surface area contributed by atoms with Gasteiger partial charge in [-0.25, -0.2) is 0 Å². The van der Waals surface area contributed by atoms with Crippen LogP contribution < -0.4 is 5.73 Å². The van der Waals surface area contributed by atoms with Crippen molar-refractivity contribution in [1.82, 2.24) is 15.1 Å². The first-order chi connectivity index (χ1) is 9.22. The number of nitrogens with zero attached hydrogens (tertiary/aromatic N) is 2. The van der Waals surface area contributed by atoms with E-state index in [0.29, 0.717) is 5.82 Å². The second-order valence-corrected chi connectivity index (χ2v) is 5.85. The zero-order chi connectivity index (χ0) is 13.2. The first kappa shape index (κ1) is 12.7. The molecule has 5 heteroatoms. The average molecular weight is 321 g/mol. The number of benzene rings is 1. The first-order valence-corrected chi connectivity index (χ1v) is 7.34. The number of likely N-dealkylation sites (tertiary alicyclic amines) is 1. The summed E-state index contributed by atoms with van der Waals surface area (Å²) in [5, 5.41) is 6.89. The van der Waals surface area contributed by atoms with Crippen molar-refractivity contribution in [3.8, 4) is 11.3 Å². The fourth-order valence-corrected chi connectivity index (χ4v) is 3.01. The smallest absolute Gasteiger partial charge is 0.145 e. The Labute approximate surface area is 121 Å². The predicted octanol–water partition coefficient (Wildman–Crippen LogP) is 3.02. The molecule has 100 valence electrons. The molecule has 0 atom stereocenters. The van der Waals surface area contributed by atoms with Gasteiger partial charge in [-0.05, 0) is 37.6 Å². The minimum atomic E-state index is 0.521. The maximum absolute atomic E-state index is 5.63. The van der Waals surface area contributed by atoms with Gasteiger partial charge in [-0.15, -0.1) is 0 Å². The topological polar surface area (TPSA) is 57.9 Å². The van der Waals surface area contributed by atoms with Crippen LogP contribution in [0.4, 0.5) is 5.82 Å². The normalized spacial score (nSPS) is 16.1. The van der Waals surface area contributed by atoms with E-state index in [1.54, 1.807) is 0 Å². The Kier molecular flexibility index (Phi) is 3.57. The summed E-state index contributed by atoms with van der Waals surface area (Å²) in [6.07, 6.45) is 2.65. The van der Waals surface area contributed by atoms with Gasteiger partial charge in [0.05, 0.1) is 5.69 Å². The molecule has 1 fully saturated rings. The highest BCUT2D eigenvalue weighted by molar-refractivity contribution is 9.10. The van der Waals surface area contributed by atoms with Gasteiger partial charge in [0.25, 0.3) is 0 Å². The van der Waals surface area contributed by atoms with E-state index in [1.807, 2.05) is 6.07 Å². The number of rotatable bonds is 3. The Bertz CT molecular complexity index is 573. The third-order valence-electron chi connectivity index (χ3n) is 3.55. The molecule has 3 rings (SSSR count). The van der Waals surface area contributed by atoms with Crippen molar-refractivity contribution in [3.63, 3.8) is 0 Å². The molecule has 0 bridgehead atoms. The number of anilines is 1. The molecule has 0 unspecified atom stereocenters. The molecule has 3 N–H and O–H groups in total. The molecule has 1 aromatic heterocycles. The Morgan fingerprint density at radius 2 is 2.05 bits per heavy atom. The summed E-state index contributed by atoms with van der Waals surface area (Å²) >= 11 is 3.67. The van der Waals surface area contributed by atoms with Gasteiger partial charge in [0.15, 0.2) is 0 Å². The van der Waals surface area contributed by atoms with Gasteiger partial charge < -0.3 is 5.73 Å². The maximum atomic E-state index is 5.63. The average Bonchev–Trinajstić information content (AvgIpc) is 3.03. The van der Waals surface area contributed by atoms with Crippen LogP contribution >= 0.6 is 15.9 Å². The molecule has 0 amide bonds. The molecule has 0 spiro atoms. The Hall–Kier alpha value is -1.33. The van der Waals surface area contributed by atoms with Crippen LogP contribution in [-0.4, -0.2) is 28.2 Å². The molecule has 4 nitrogen and oxygen atoms in total. The molecule has 19 heavy (non-hydrogen) atoms. The number of nitrogens with one attached hydrogen (secondary N) is 1. The summed E-state index contributed by atoms with van der Waals surface area (Å²) in [4.78, 5) is 2.49. The van der Waals surface area contributed by atoms with Crippen molar-refractivity contribution in [2.45, 2.75) is 19.4 Å². The molecule has 1 aliphatic rings. The van der Waals surface area contributed by atoms with Crippen molar-refractivity contribution >= 4 is 21.7 Å². The Morgan fingerprint density at radius 1 is 1.26 bits per heavy atom. The highest BCUT2D eigenvalue weighted by Crippen LogP contribution is 2.27. The third-order valence-corrected chi connectivity index (χ3v) is 4.29. The van der Waals surface area contributed by atoms with Crippen LogP contribution in [0.25, 0.3) is 11.3 Å². The minimum Gasteiger partial charge on any atom is -0.382 e. The summed E-state index contributed by atoms with van der Waals surface area (Å²) in [6.45, 7) is 3.45. The SMILES string of the molecule is Nc1cc(-c2ccc(CN3CCCC3)c(Br)c2)[nH]n1. The summed E-state index contributed by atoms with van der Waals surface area (Å²) in [5.41, 5.74) is 9.01. The molecule has 1 saturated heterocycles. The Morgan fingerprint density at radius 3 is 2.68 bits per heavy atom. The molecular formula is C14H17BrN4. The molecular weight excluding hydrogens is 304 g/mol. The number of hydrogen-bond acceptors (Lipinski definition) is 3. The number of nitrogen functional groups attached to an aromatic ring is 1. The molecule has 1 aromatic carbocycles. The highest BCUT2D eigenvalue weighted by Gasteiger charge is 2.13. The van der Waals surface area contributed by atoms with E-state index in [4.69, 9.17) is 5.73 Å². The lowest BCUT2D eigenvalue weighted by atomic mass is 10.1. The Balaban J connectivity index is 1.81. The number of nitrogens with two attached hydrogens (primary N) is 1. The van der Waals surface area contributed by atoms with E-state index in [0.717, 1.165) is 22.3 Å². The molecule has 1 aliphatic heterocycles. The van der Waals surface area contributed by atoms with Crippen LogP contribution in [0.1, 0.15) is 18.4 Å². The van der Waals surface area contributed by atoms with Crippen molar-refractivity contribution in [3.05, 3.63) is 34.3 Å². The zero-order valence-corrected chi connectivity index (χ0v) is 12.3. The summed E-state index contributed by atoms with van der Waals surface area (Å²) in [6, 6.07) is 8.26. The van der Waals surface area contributed by atoms with Gasteiger partial charge >= 0.3 is 0 Å². The lowest BCUT2D eigenvalue weighted by molar-refractivity contribution is 0.331. The summed E-state index contributed by atoms with van der Waals surface area (Å²) in [5.74, 6) is 0.521. The van der Waals surface area contributed by atoms with Gasteiger partial charge in [-0.2, -0.15) is 5.10 Å². The lowest BCUT2D eigenvalue weighted by Gasteiger charge is -2.16. The van der Waals surface area contributed by atoms with Crippen LogP contribution in [-0.2, 0) is 6.54 Å². The quantitative estimate of drug-likeness (QED) is 0.914. The van der Waals surface area contributed by atoms with Crippen LogP contribution in [0.15, 0.2) is 28.7 Å². The van der Waals surface area contributed by atoms with Gasteiger partial charge in [-0.3, -0.25) is 10.00 Å². The molecule has 0 aliphatic carbocycles. The van der Waals surface area contributed by atoms with E-state index in [9.17, 15) is 0 Å². The number of aromatic amines is 1. The van der Waals surface area contributed by atoms with Crippen LogP contribution in [0, 0.1) is 0 Å². The van der Waals surface area contributed by atoms with E-state index < -0.39 is 0 Å². The second-order valence-electron chi connectivity index (χ2n) is 5.00.